The molecule has 1 heterocycles. The molecule has 3 rings (SSSR count). The smallest absolute Gasteiger partial charge is 0.233 e. The number of ether oxygens (including phenoxy) is 1. The molecule has 1 amide bonds. The molecule has 1 atom stereocenters. The van der Waals surface area contributed by atoms with E-state index in [1.165, 1.54) is 17.3 Å². The van der Waals surface area contributed by atoms with Crippen LogP contribution in [0, 0.1) is 18.3 Å². The molecule has 27 heavy (non-hydrogen) atoms. The zero-order chi connectivity index (χ0) is 19.4. The highest BCUT2D eigenvalue weighted by atomic mass is 32.2. The SMILES string of the molecule is COc1ccc(CNC(=O)C(C)Sc2nc3c(c(C)c2C#N)CCC3)cc1. The van der Waals surface area contributed by atoms with E-state index in [4.69, 9.17) is 9.72 Å². The van der Waals surface area contributed by atoms with Crippen LogP contribution in [0.4, 0.5) is 0 Å². The third-order valence-electron chi connectivity index (χ3n) is 4.86. The van der Waals surface area contributed by atoms with Crippen LogP contribution in [0.2, 0.25) is 0 Å². The minimum atomic E-state index is -0.332. The minimum absolute atomic E-state index is 0.0698. The maximum atomic E-state index is 12.5. The topological polar surface area (TPSA) is 75.0 Å². The number of aryl methyl sites for hydroxylation is 1. The monoisotopic (exact) mass is 381 g/mol. The third-order valence-corrected chi connectivity index (χ3v) is 5.95. The lowest BCUT2D eigenvalue weighted by atomic mass is 10.0. The van der Waals surface area contributed by atoms with Crippen molar-refractivity contribution in [3.05, 3.63) is 52.2 Å². The normalized spacial score (nSPS) is 13.6. The molecular weight excluding hydrogens is 358 g/mol. The number of amides is 1. The lowest BCUT2D eigenvalue weighted by molar-refractivity contribution is -0.120. The Morgan fingerprint density at radius 1 is 1.37 bits per heavy atom. The van der Waals surface area contributed by atoms with Crippen molar-refractivity contribution in [2.75, 3.05) is 7.11 Å². The molecule has 0 saturated carbocycles. The minimum Gasteiger partial charge on any atom is -0.497 e. The van der Waals surface area contributed by atoms with Crippen LogP contribution < -0.4 is 10.1 Å². The van der Waals surface area contributed by atoms with Gasteiger partial charge >= 0.3 is 0 Å². The maximum absolute atomic E-state index is 12.5. The van der Waals surface area contributed by atoms with Crippen molar-refractivity contribution in [2.24, 2.45) is 0 Å². The molecule has 0 bridgehead atoms. The summed E-state index contributed by atoms with van der Waals surface area (Å²) in [6, 6.07) is 9.88. The number of nitrogens with one attached hydrogen (secondary N) is 1. The number of nitriles is 1. The second-order valence-corrected chi connectivity index (χ2v) is 7.96. The van der Waals surface area contributed by atoms with Gasteiger partial charge in [-0.3, -0.25) is 4.79 Å². The van der Waals surface area contributed by atoms with Gasteiger partial charge in [-0.15, -0.1) is 0 Å². The zero-order valence-electron chi connectivity index (χ0n) is 15.8. The Morgan fingerprint density at radius 3 is 2.78 bits per heavy atom. The molecule has 5 nitrogen and oxygen atoms in total. The van der Waals surface area contributed by atoms with Crippen LogP contribution in [-0.4, -0.2) is 23.3 Å². The van der Waals surface area contributed by atoms with Crippen LogP contribution >= 0.6 is 11.8 Å². The first-order valence-corrected chi connectivity index (χ1v) is 9.91. The van der Waals surface area contributed by atoms with Gasteiger partial charge in [0.2, 0.25) is 5.91 Å². The third kappa shape index (κ3) is 4.25. The van der Waals surface area contributed by atoms with Crippen LogP contribution in [0.3, 0.4) is 0 Å². The molecule has 0 saturated heterocycles. The number of hydrogen-bond donors (Lipinski definition) is 1. The van der Waals surface area contributed by atoms with E-state index >= 15 is 0 Å². The molecule has 0 fully saturated rings. The van der Waals surface area contributed by atoms with Gasteiger partial charge in [-0.2, -0.15) is 5.26 Å². The number of nitrogens with zero attached hydrogens (tertiary/aromatic N) is 2. The van der Waals surface area contributed by atoms with Gasteiger partial charge in [0.25, 0.3) is 0 Å². The number of rotatable bonds is 6. The van der Waals surface area contributed by atoms with Crippen LogP contribution in [-0.2, 0) is 24.2 Å². The second kappa shape index (κ2) is 8.45. The van der Waals surface area contributed by atoms with E-state index in [0.717, 1.165) is 41.8 Å². The molecule has 6 heteroatoms. The Labute approximate surface area is 164 Å². The summed E-state index contributed by atoms with van der Waals surface area (Å²) in [4.78, 5) is 17.2. The van der Waals surface area contributed by atoms with E-state index in [9.17, 15) is 10.1 Å². The predicted octanol–water partition coefficient (Wildman–Crippen LogP) is 3.56. The summed E-state index contributed by atoms with van der Waals surface area (Å²) < 4.78 is 5.14. The molecule has 0 aliphatic heterocycles. The van der Waals surface area contributed by atoms with Gasteiger partial charge in [0.15, 0.2) is 0 Å². The lowest BCUT2D eigenvalue weighted by Gasteiger charge is -2.15. The highest BCUT2D eigenvalue weighted by Gasteiger charge is 2.23. The van der Waals surface area contributed by atoms with Crippen LogP contribution in [0.25, 0.3) is 0 Å². The Morgan fingerprint density at radius 2 is 2.11 bits per heavy atom. The summed E-state index contributed by atoms with van der Waals surface area (Å²) in [6.07, 6.45) is 3.03. The zero-order valence-corrected chi connectivity index (χ0v) is 16.7. The molecule has 1 N–H and O–H groups in total. The first kappa shape index (κ1) is 19.2. The molecule has 0 radical (unpaired) electrons. The van der Waals surface area contributed by atoms with Gasteiger partial charge in [-0.1, -0.05) is 23.9 Å². The van der Waals surface area contributed by atoms with E-state index in [1.54, 1.807) is 7.11 Å². The van der Waals surface area contributed by atoms with E-state index < -0.39 is 0 Å². The standard InChI is InChI=1S/C21H23N3O2S/c1-13-17-5-4-6-19(17)24-21(18(13)11-22)27-14(2)20(25)23-12-15-7-9-16(26-3)10-8-15/h7-10,14H,4-6,12H2,1-3H3,(H,23,25). The van der Waals surface area contributed by atoms with Crippen LogP contribution in [0.15, 0.2) is 29.3 Å². The van der Waals surface area contributed by atoms with Gasteiger partial charge in [0.05, 0.1) is 17.9 Å². The van der Waals surface area contributed by atoms with Crippen molar-refractivity contribution in [1.29, 1.82) is 5.26 Å². The number of hydrogen-bond acceptors (Lipinski definition) is 5. The Bertz CT molecular complexity index is 888. The number of benzene rings is 1. The fourth-order valence-corrected chi connectivity index (χ4v) is 4.26. The van der Waals surface area contributed by atoms with E-state index in [1.807, 2.05) is 38.1 Å². The average Bonchev–Trinajstić information content (AvgIpc) is 3.15. The number of aromatic nitrogens is 1. The Kier molecular flexibility index (Phi) is 6.02. The number of thioether (sulfide) groups is 1. The van der Waals surface area contributed by atoms with Crippen molar-refractivity contribution in [1.82, 2.24) is 10.3 Å². The van der Waals surface area contributed by atoms with Crippen molar-refractivity contribution in [3.63, 3.8) is 0 Å². The molecule has 140 valence electrons. The fourth-order valence-electron chi connectivity index (χ4n) is 3.26. The van der Waals surface area contributed by atoms with E-state index in [0.29, 0.717) is 17.1 Å². The number of carbonyl (C=O) groups excluding carboxylic acids is 1. The van der Waals surface area contributed by atoms with E-state index in [-0.39, 0.29) is 11.2 Å². The van der Waals surface area contributed by atoms with Crippen molar-refractivity contribution in [2.45, 2.75) is 49.9 Å². The molecular formula is C21H23N3O2S. The van der Waals surface area contributed by atoms with Gasteiger partial charge in [0, 0.05) is 12.2 Å². The van der Waals surface area contributed by atoms with Gasteiger partial charge < -0.3 is 10.1 Å². The van der Waals surface area contributed by atoms with Crippen LogP contribution in [0.5, 0.6) is 5.75 Å². The highest BCUT2D eigenvalue weighted by Crippen LogP contribution is 2.33. The maximum Gasteiger partial charge on any atom is 0.233 e. The molecule has 1 unspecified atom stereocenters. The quantitative estimate of drug-likeness (QED) is 0.775. The summed E-state index contributed by atoms with van der Waals surface area (Å²) in [5.41, 5.74) is 4.93. The summed E-state index contributed by atoms with van der Waals surface area (Å²) >= 11 is 1.36. The summed E-state index contributed by atoms with van der Waals surface area (Å²) in [5.74, 6) is 0.718. The summed E-state index contributed by atoms with van der Waals surface area (Å²) in [7, 11) is 1.62. The molecule has 1 aromatic carbocycles. The van der Waals surface area contributed by atoms with Gasteiger partial charge in [-0.05, 0) is 61.9 Å². The molecule has 2 aromatic rings. The second-order valence-electron chi connectivity index (χ2n) is 6.63. The number of fused-ring (bicyclic) bond motifs is 1. The number of carbonyl (C=O) groups is 1. The highest BCUT2D eigenvalue weighted by molar-refractivity contribution is 8.00. The van der Waals surface area contributed by atoms with Crippen molar-refractivity contribution in [3.8, 4) is 11.8 Å². The first-order chi connectivity index (χ1) is 13.0. The number of pyridine rings is 1. The number of methoxy groups -OCH3 is 1. The average molecular weight is 382 g/mol. The lowest BCUT2D eigenvalue weighted by Crippen LogP contribution is -2.30. The van der Waals surface area contributed by atoms with E-state index in [2.05, 4.69) is 11.4 Å². The Hall–Kier alpha value is -2.52. The van der Waals surface area contributed by atoms with Crippen molar-refractivity contribution >= 4 is 17.7 Å². The molecule has 0 spiro atoms. The summed E-state index contributed by atoms with van der Waals surface area (Å²) in [6.45, 7) is 4.29. The van der Waals surface area contributed by atoms with Crippen LogP contribution in [0.1, 0.15) is 41.3 Å². The fraction of sp³-hybridized carbons (Fsp3) is 0.381. The molecule has 1 aromatic heterocycles. The summed E-state index contributed by atoms with van der Waals surface area (Å²) in [5, 5.41) is 12.8. The molecule has 1 aliphatic rings. The molecule has 1 aliphatic carbocycles. The Balaban J connectivity index is 1.66. The predicted molar refractivity (Wildman–Crippen MR) is 106 cm³/mol. The van der Waals surface area contributed by atoms with Gasteiger partial charge in [-0.25, -0.2) is 4.98 Å². The van der Waals surface area contributed by atoms with Gasteiger partial charge in [0.1, 0.15) is 16.8 Å². The van der Waals surface area contributed by atoms with Crippen molar-refractivity contribution < 1.29 is 9.53 Å². The largest absolute Gasteiger partial charge is 0.497 e. The first-order valence-electron chi connectivity index (χ1n) is 9.03.